The first-order valence-corrected chi connectivity index (χ1v) is 10.3. The van der Waals surface area contributed by atoms with Gasteiger partial charge in [0.1, 0.15) is 30.2 Å². The van der Waals surface area contributed by atoms with Gasteiger partial charge in [-0.15, -0.1) is 0 Å². The van der Waals surface area contributed by atoms with Crippen LogP contribution in [0.3, 0.4) is 0 Å². The summed E-state index contributed by atoms with van der Waals surface area (Å²) in [6.07, 6.45) is -5.47. The molecule has 8 nitrogen and oxygen atoms in total. The second-order valence-corrected chi connectivity index (χ2v) is 8.91. The highest BCUT2D eigenvalue weighted by Gasteiger charge is 2.45. The number of rotatable bonds is 3. The lowest BCUT2D eigenvalue weighted by Gasteiger charge is -2.40. The maximum absolute atomic E-state index is 12.3. The highest BCUT2D eigenvalue weighted by atomic mass is 35.5. The van der Waals surface area contributed by atoms with Gasteiger partial charge in [-0.1, -0.05) is 37.0 Å². The van der Waals surface area contributed by atoms with Crippen LogP contribution in [0.5, 0.6) is 5.75 Å². The second kappa shape index (κ2) is 7.97. The molecule has 1 aromatic rings. The van der Waals surface area contributed by atoms with Gasteiger partial charge in [-0.2, -0.15) is 0 Å². The second-order valence-electron chi connectivity index (χ2n) is 8.13. The minimum absolute atomic E-state index is 0.00200. The van der Waals surface area contributed by atoms with Crippen molar-refractivity contribution in [1.29, 1.82) is 0 Å². The van der Waals surface area contributed by atoms with Gasteiger partial charge in [0.15, 0.2) is 0 Å². The summed E-state index contributed by atoms with van der Waals surface area (Å²) in [6.45, 7) is 3.21. The quantitative estimate of drug-likeness (QED) is 0.492. The standard InChI is InChI=1S/C21H21Cl2NO7/c1-21(2)9-5-8(30-20-19(29)18(28)17(27)13(7-25)31-20)3-4-11(9)24-12-6-10(22)16(26)15(23)14(12)21/h3-6,13,17-20,25,27-29H,7H2,1-2H3/t13?,17-,18?,19-,20+/m0/s1. The number of fused-ring (bicyclic) bond motifs is 2. The molecule has 1 aliphatic carbocycles. The van der Waals surface area contributed by atoms with E-state index in [-0.39, 0.29) is 10.1 Å². The fourth-order valence-electron chi connectivity index (χ4n) is 4.02. The molecule has 4 rings (SSSR count). The van der Waals surface area contributed by atoms with E-state index in [9.17, 15) is 25.2 Å². The summed E-state index contributed by atoms with van der Waals surface area (Å²) in [4.78, 5) is 16.9. The zero-order valence-corrected chi connectivity index (χ0v) is 18.1. The van der Waals surface area contributed by atoms with E-state index in [1.54, 1.807) is 18.2 Å². The van der Waals surface area contributed by atoms with Crippen molar-refractivity contribution < 1.29 is 34.7 Å². The fourth-order valence-corrected chi connectivity index (χ4v) is 4.70. The molecule has 3 aliphatic rings. The lowest BCUT2D eigenvalue weighted by Crippen LogP contribution is -2.60. The third-order valence-corrected chi connectivity index (χ3v) is 6.40. The van der Waals surface area contributed by atoms with Crippen LogP contribution >= 0.6 is 23.2 Å². The van der Waals surface area contributed by atoms with E-state index in [1.807, 2.05) is 13.8 Å². The Labute approximate surface area is 188 Å². The number of halogens is 2. The summed E-state index contributed by atoms with van der Waals surface area (Å²) in [5.41, 5.74) is 1.67. The molecular weight excluding hydrogens is 449 g/mol. The number of hydrogen-bond donors (Lipinski definition) is 4. The van der Waals surface area contributed by atoms with Gasteiger partial charge >= 0.3 is 0 Å². The van der Waals surface area contributed by atoms with Crippen LogP contribution in [0.25, 0.3) is 0 Å². The van der Waals surface area contributed by atoms with Gasteiger partial charge in [0, 0.05) is 11.0 Å². The van der Waals surface area contributed by atoms with E-state index in [0.717, 1.165) is 0 Å². The van der Waals surface area contributed by atoms with Crippen LogP contribution in [0.2, 0.25) is 0 Å². The number of hydrogen-bond acceptors (Lipinski definition) is 8. The van der Waals surface area contributed by atoms with Crippen molar-refractivity contribution in [2.24, 2.45) is 4.99 Å². The summed E-state index contributed by atoms with van der Waals surface area (Å²) in [7, 11) is 0. The van der Waals surface area contributed by atoms with E-state index in [0.29, 0.717) is 28.3 Å². The summed E-state index contributed by atoms with van der Waals surface area (Å²) in [6, 6.07) is 4.99. The SMILES string of the molecule is CC1(C)C2=C(Cl)C(=O)C(Cl)=CC2=Nc2ccc(O[C@@H]3OC(CO)[C@H](O)C(O)[C@@H]3O)cc21. The molecule has 2 aliphatic heterocycles. The Morgan fingerprint density at radius 1 is 1.16 bits per heavy atom. The van der Waals surface area contributed by atoms with Crippen LogP contribution in [0.1, 0.15) is 19.4 Å². The van der Waals surface area contributed by atoms with Gasteiger partial charge in [0.2, 0.25) is 12.1 Å². The first kappa shape index (κ1) is 22.4. The van der Waals surface area contributed by atoms with E-state index >= 15 is 0 Å². The van der Waals surface area contributed by atoms with Gasteiger partial charge in [-0.25, -0.2) is 4.99 Å². The predicted octanol–water partition coefficient (Wildman–Crippen LogP) is 1.43. The van der Waals surface area contributed by atoms with Crippen molar-refractivity contribution in [2.75, 3.05) is 6.61 Å². The zero-order valence-electron chi connectivity index (χ0n) is 16.6. The van der Waals surface area contributed by atoms with Crippen molar-refractivity contribution in [1.82, 2.24) is 0 Å². The molecule has 0 aromatic heterocycles. The van der Waals surface area contributed by atoms with Crippen LogP contribution in [-0.4, -0.2) is 69.2 Å². The molecular formula is C21H21Cl2NO7. The number of ether oxygens (including phenoxy) is 2. The number of carbonyl (C=O) groups excluding carboxylic acids is 1. The fraction of sp³-hybridized carbons (Fsp3) is 0.429. The Hall–Kier alpha value is -1.78. The highest BCUT2D eigenvalue weighted by molar-refractivity contribution is 6.58. The molecule has 0 amide bonds. The van der Waals surface area contributed by atoms with Crippen LogP contribution in [0.4, 0.5) is 5.69 Å². The smallest absolute Gasteiger partial charge is 0.229 e. The van der Waals surface area contributed by atoms with E-state index < -0.39 is 48.5 Å². The average molecular weight is 470 g/mol. The predicted molar refractivity (Wildman–Crippen MR) is 113 cm³/mol. The molecule has 0 radical (unpaired) electrons. The Kier molecular flexibility index (Phi) is 5.76. The Morgan fingerprint density at radius 3 is 2.55 bits per heavy atom. The van der Waals surface area contributed by atoms with Crippen LogP contribution in [-0.2, 0) is 14.9 Å². The summed E-state index contributed by atoms with van der Waals surface area (Å²) in [5.74, 6) is -0.176. The monoisotopic (exact) mass is 469 g/mol. The Bertz CT molecular complexity index is 1030. The third kappa shape index (κ3) is 3.62. The van der Waals surface area contributed by atoms with Gasteiger partial charge in [0.25, 0.3) is 0 Å². The molecule has 0 bridgehead atoms. The summed E-state index contributed by atoms with van der Waals surface area (Å²) in [5, 5.41) is 39.4. The number of carbonyl (C=O) groups is 1. The molecule has 1 aromatic carbocycles. The summed E-state index contributed by atoms with van der Waals surface area (Å²) >= 11 is 12.3. The lowest BCUT2D eigenvalue weighted by atomic mass is 9.71. The molecule has 31 heavy (non-hydrogen) atoms. The number of benzene rings is 1. The molecule has 1 saturated heterocycles. The Balaban J connectivity index is 1.70. The number of allylic oxidation sites excluding steroid dienone is 4. The van der Waals surface area contributed by atoms with E-state index in [1.165, 1.54) is 6.08 Å². The average Bonchev–Trinajstić information content (AvgIpc) is 2.72. The first-order chi connectivity index (χ1) is 14.6. The normalized spacial score (nSPS) is 32.1. The lowest BCUT2D eigenvalue weighted by molar-refractivity contribution is -0.277. The topological polar surface area (TPSA) is 129 Å². The molecule has 5 atom stereocenters. The summed E-state index contributed by atoms with van der Waals surface area (Å²) < 4.78 is 11.1. The minimum Gasteiger partial charge on any atom is -0.462 e. The van der Waals surface area contributed by atoms with Gasteiger partial charge in [-0.05, 0) is 29.8 Å². The van der Waals surface area contributed by atoms with Crippen molar-refractivity contribution in [3.63, 3.8) is 0 Å². The molecule has 2 unspecified atom stereocenters. The van der Waals surface area contributed by atoms with Crippen LogP contribution in [0, 0.1) is 0 Å². The number of Topliss-reactive ketones (excluding diaryl/α,β-unsaturated/α-hetero) is 1. The molecule has 0 spiro atoms. The van der Waals surface area contributed by atoms with Gasteiger partial charge < -0.3 is 29.9 Å². The zero-order chi connectivity index (χ0) is 22.7. The molecule has 1 fully saturated rings. The minimum atomic E-state index is -1.55. The maximum Gasteiger partial charge on any atom is 0.229 e. The van der Waals surface area contributed by atoms with Gasteiger partial charge in [-0.3, -0.25) is 4.79 Å². The van der Waals surface area contributed by atoms with Crippen molar-refractivity contribution >= 4 is 40.4 Å². The van der Waals surface area contributed by atoms with Crippen molar-refractivity contribution in [3.05, 3.63) is 45.5 Å². The number of aliphatic imine (C=N–C) groups is 1. The van der Waals surface area contributed by atoms with Crippen molar-refractivity contribution in [2.45, 2.75) is 50.0 Å². The highest BCUT2D eigenvalue weighted by Crippen LogP contribution is 2.47. The number of aliphatic hydroxyl groups is 4. The maximum atomic E-state index is 12.3. The molecule has 10 heteroatoms. The molecule has 2 heterocycles. The largest absolute Gasteiger partial charge is 0.462 e. The molecule has 4 N–H and O–H groups in total. The Morgan fingerprint density at radius 2 is 1.87 bits per heavy atom. The van der Waals surface area contributed by atoms with E-state index in [2.05, 4.69) is 4.99 Å². The molecule has 0 saturated carbocycles. The molecule has 166 valence electrons. The van der Waals surface area contributed by atoms with Crippen LogP contribution in [0.15, 0.2) is 44.9 Å². The number of aliphatic hydroxyl groups excluding tert-OH is 4. The first-order valence-electron chi connectivity index (χ1n) is 9.59. The number of nitrogens with zero attached hydrogens (tertiary/aromatic N) is 1. The van der Waals surface area contributed by atoms with Gasteiger partial charge in [0.05, 0.1) is 28.1 Å². The van der Waals surface area contributed by atoms with Crippen LogP contribution < -0.4 is 4.74 Å². The number of ketones is 1. The third-order valence-electron chi connectivity index (χ3n) is 5.76. The van der Waals surface area contributed by atoms with Crippen molar-refractivity contribution in [3.8, 4) is 5.75 Å². The van der Waals surface area contributed by atoms with E-state index in [4.69, 9.17) is 32.7 Å².